The molecule has 1 atom stereocenters. The van der Waals surface area contributed by atoms with Gasteiger partial charge in [-0.2, -0.15) is 0 Å². The maximum Gasteiger partial charge on any atom is 0.126 e. The molecule has 1 aromatic carbocycles. The van der Waals surface area contributed by atoms with Gasteiger partial charge in [-0.3, -0.25) is 0 Å². The van der Waals surface area contributed by atoms with E-state index in [1.165, 1.54) is 0 Å². The zero-order valence-electron chi connectivity index (χ0n) is 11.7. The Kier molecular flexibility index (Phi) is 4.32. The van der Waals surface area contributed by atoms with Crippen LogP contribution in [0.15, 0.2) is 23.6 Å². The standard InChI is InChI=1S/C15H19FN2S/c1-9(2)13-8-19-15(18-13)14(17-4)11-6-5-10(3)12(16)7-11/h5-9,14,17H,1-4H3. The summed E-state index contributed by atoms with van der Waals surface area (Å²) < 4.78 is 13.7. The number of aryl methyl sites for hydroxylation is 1. The Balaban J connectivity index is 2.35. The first kappa shape index (κ1) is 14.2. The van der Waals surface area contributed by atoms with Crippen LogP contribution in [0.4, 0.5) is 4.39 Å². The van der Waals surface area contributed by atoms with E-state index in [9.17, 15) is 4.39 Å². The van der Waals surface area contributed by atoms with Crippen LogP contribution in [0.25, 0.3) is 0 Å². The highest BCUT2D eigenvalue weighted by Gasteiger charge is 2.17. The third-order valence-electron chi connectivity index (χ3n) is 3.20. The Morgan fingerprint density at radius 3 is 2.58 bits per heavy atom. The van der Waals surface area contributed by atoms with E-state index in [-0.39, 0.29) is 11.9 Å². The molecule has 1 heterocycles. The highest BCUT2D eigenvalue weighted by molar-refractivity contribution is 7.09. The van der Waals surface area contributed by atoms with Gasteiger partial charge in [0.2, 0.25) is 0 Å². The van der Waals surface area contributed by atoms with Gasteiger partial charge in [0.1, 0.15) is 10.8 Å². The molecular weight excluding hydrogens is 259 g/mol. The lowest BCUT2D eigenvalue weighted by Crippen LogP contribution is -2.17. The Morgan fingerprint density at radius 2 is 2.05 bits per heavy atom. The number of rotatable bonds is 4. The summed E-state index contributed by atoms with van der Waals surface area (Å²) in [6.45, 7) is 6.02. The van der Waals surface area contributed by atoms with Crippen molar-refractivity contribution in [3.63, 3.8) is 0 Å². The predicted octanol–water partition coefficient (Wildman–Crippen LogP) is 4.02. The van der Waals surface area contributed by atoms with Crippen molar-refractivity contribution in [3.8, 4) is 0 Å². The molecule has 0 aliphatic heterocycles. The number of hydrogen-bond donors (Lipinski definition) is 1. The molecule has 1 unspecified atom stereocenters. The molecule has 0 bridgehead atoms. The Labute approximate surface area is 117 Å². The molecule has 0 spiro atoms. The molecule has 1 N–H and O–H groups in total. The summed E-state index contributed by atoms with van der Waals surface area (Å²) in [5.74, 6) is 0.246. The topological polar surface area (TPSA) is 24.9 Å². The number of thiazole rings is 1. The van der Waals surface area contributed by atoms with Crippen LogP contribution >= 0.6 is 11.3 Å². The quantitative estimate of drug-likeness (QED) is 0.913. The van der Waals surface area contributed by atoms with Gasteiger partial charge >= 0.3 is 0 Å². The molecule has 1 aromatic heterocycles. The molecule has 0 aliphatic carbocycles. The lowest BCUT2D eigenvalue weighted by Gasteiger charge is -2.14. The second kappa shape index (κ2) is 5.80. The fourth-order valence-corrected chi connectivity index (χ4v) is 3.03. The van der Waals surface area contributed by atoms with E-state index in [4.69, 9.17) is 0 Å². The smallest absolute Gasteiger partial charge is 0.126 e. The fourth-order valence-electron chi connectivity index (χ4n) is 1.92. The molecule has 0 radical (unpaired) electrons. The monoisotopic (exact) mass is 278 g/mol. The molecule has 0 saturated heterocycles. The molecule has 19 heavy (non-hydrogen) atoms. The van der Waals surface area contributed by atoms with E-state index >= 15 is 0 Å². The second-order valence-electron chi connectivity index (χ2n) is 5.00. The van der Waals surface area contributed by atoms with Gasteiger partial charge in [-0.05, 0) is 37.1 Å². The molecule has 0 saturated carbocycles. The number of nitrogens with one attached hydrogen (secondary N) is 1. The summed E-state index contributed by atoms with van der Waals surface area (Å²) in [4.78, 5) is 4.64. The zero-order valence-corrected chi connectivity index (χ0v) is 12.5. The summed E-state index contributed by atoms with van der Waals surface area (Å²) in [6, 6.07) is 5.31. The summed E-state index contributed by atoms with van der Waals surface area (Å²) in [5, 5.41) is 6.27. The average molecular weight is 278 g/mol. The number of aromatic nitrogens is 1. The van der Waals surface area contributed by atoms with Gasteiger partial charge in [0.15, 0.2) is 0 Å². The van der Waals surface area contributed by atoms with Gasteiger partial charge in [0, 0.05) is 5.38 Å². The first-order valence-corrected chi connectivity index (χ1v) is 7.29. The first-order valence-electron chi connectivity index (χ1n) is 6.41. The van der Waals surface area contributed by atoms with E-state index in [2.05, 4.69) is 29.5 Å². The largest absolute Gasteiger partial charge is 0.307 e. The van der Waals surface area contributed by atoms with Crippen LogP contribution in [0.3, 0.4) is 0 Å². The number of nitrogens with zero attached hydrogens (tertiary/aromatic N) is 1. The van der Waals surface area contributed by atoms with Crippen molar-refractivity contribution in [3.05, 3.63) is 51.2 Å². The molecule has 4 heteroatoms. The Bertz CT molecular complexity index is 563. The minimum absolute atomic E-state index is 0.0485. The lowest BCUT2D eigenvalue weighted by atomic mass is 10.1. The Morgan fingerprint density at radius 1 is 1.32 bits per heavy atom. The third-order valence-corrected chi connectivity index (χ3v) is 4.12. The van der Waals surface area contributed by atoms with E-state index in [0.29, 0.717) is 11.5 Å². The zero-order chi connectivity index (χ0) is 14.0. The number of halogens is 1. The molecule has 2 aromatic rings. The average Bonchev–Trinajstić information content (AvgIpc) is 2.84. The van der Waals surface area contributed by atoms with Gasteiger partial charge in [-0.25, -0.2) is 9.37 Å². The minimum Gasteiger partial charge on any atom is -0.307 e. The molecule has 102 valence electrons. The molecular formula is C15H19FN2S. The van der Waals surface area contributed by atoms with Crippen molar-refractivity contribution < 1.29 is 4.39 Å². The SMILES string of the molecule is CNC(c1ccc(C)c(F)c1)c1nc(C(C)C)cs1. The van der Waals surface area contributed by atoms with Crippen LogP contribution in [-0.4, -0.2) is 12.0 Å². The van der Waals surface area contributed by atoms with Crippen molar-refractivity contribution in [2.75, 3.05) is 7.05 Å². The minimum atomic E-state index is -0.168. The van der Waals surface area contributed by atoms with E-state index < -0.39 is 0 Å². The second-order valence-corrected chi connectivity index (χ2v) is 5.89. The molecule has 2 nitrogen and oxygen atoms in total. The normalized spacial score (nSPS) is 12.9. The molecule has 0 fully saturated rings. The van der Waals surface area contributed by atoms with Gasteiger partial charge in [0.05, 0.1) is 11.7 Å². The van der Waals surface area contributed by atoms with E-state index in [1.54, 1.807) is 24.3 Å². The van der Waals surface area contributed by atoms with Crippen molar-refractivity contribution in [2.24, 2.45) is 0 Å². The highest BCUT2D eigenvalue weighted by atomic mass is 32.1. The van der Waals surface area contributed by atoms with Crippen LogP contribution in [0.5, 0.6) is 0 Å². The van der Waals surface area contributed by atoms with Gasteiger partial charge < -0.3 is 5.32 Å². The summed E-state index contributed by atoms with van der Waals surface area (Å²) in [7, 11) is 1.87. The summed E-state index contributed by atoms with van der Waals surface area (Å²) >= 11 is 1.62. The maximum atomic E-state index is 13.7. The molecule has 0 aliphatic rings. The van der Waals surface area contributed by atoms with Crippen molar-refractivity contribution >= 4 is 11.3 Å². The van der Waals surface area contributed by atoms with Crippen molar-refractivity contribution in [1.82, 2.24) is 10.3 Å². The first-order chi connectivity index (χ1) is 9.02. The van der Waals surface area contributed by atoms with Gasteiger partial charge in [-0.1, -0.05) is 26.0 Å². The van der Waals surface area contributed by atoms with Crippen LogP contribution in [0.1, 0.15) is 47.6 Å². The third kappa shape index (κ3) is 3.01. The van der Waals surface area contributed by atoms with Crippen LogP contribution < -0.4 is 5.32 Å². The van der Waals surface area contributed by atoms with Crippen LogP contribution in [-0.2, 0) is 0 Å². The number of benzene rings is 1. The lowest BCUT2D eigenvalue weighted by molar-refractivity contribution is 0.607. The maximum absolute atomic E-state index is 13.7. The molecule has 2 rings (SSSR count). The predicted molar refractivity (Wildman–Crippen MR) is 78.2 cm³/mol. The summed E-state index contributed by atoms with van der Waals surface area (Å²) in [5.41, 5.74) is 2.67. The summed E-state index contributed by atoms with van der Waals surface area (Å²) in [6.07, 6.45) is 0. The van der Waals surface area contributed by atoms with E-state index in [1.807, 2.05) is 19.2 Å². The van der Waals surface area contributed by atoms with E-state index in [0.717, 1.165) is 16.3 Å². The number of hydrogen-bond acceptors (Lipinski definition) is 3. The van der Waals surface area contributed by atoms with Gasteiger partial charge in [-0.15, -0.1) is 11.3 Å². The van der Waals surface area contributed by atoms with Crippen LogP contribution in [0.2, 0.25) is 0 Å². The highest BCUT2D eigenvalue weighted by Crippen LogP contribution is 2.28. The Hall–Kier alpha value is -1.26. The fraction of sp³-hybridized carbons (Fsp3) is 0.400. The van der Waals surface area contributed by atoms with Crippen molar-refractivity contribution in [1.29, 1.82) is 0 Å². The van der Waals surface area contributed by atoms with Crippen molar-refractivity contribution in [2.45, 2.75) is 32.7 Å². The molecule has 0 amide bonds. The van der Waals surface area contributed by atoms with Gasteiger partial charge in [0.25, 0.3) is 0 Å². The van der Waals surface area contributed by atoms with Crippen LogP contribution in [0, 0.1) is 12.7 Å².